The molecule has 0 aliphatic carbocycles. The lowest BCUT2D eigenvalue weighted by atomic mass is 10.0. The molecule has 0 saturated carbocycles. The van der Waals surface area contributed by atoms with E-state index >= 15 is 0 Å². The monoisotopic (exact) mass is 469 g/mol. The fourth-order valence-electron chi connectivity index (χ4n) is 3.17. The summed E-state index contributed by atoms with van der Waals surface area (Å²) in [6, 6.07) is 20.1. The zero-order chi connectivity index (χ0) is 23.3. The molecule has 32 heavy (non-hydrogen) atoms. The van der Waals surface area contributed by atoms with Crippen molar-refractivity contribution in [3.63, 3.8) is 0 Å². The van der Waals surface area contributed by atoms with Gasteiger partial charge in [0.1, 0.15) is 5.60 Å². The zero-order valence-electron chi connectivity index (χ0n) is 18.2. The molecule has 1 amide bonds. The van der Waals surface area contributed by atoms with E-state index in [4.69, 9.17) is 27.9 Å². The van der Waals surface area contributed by atoms with Gasteiger partial charge >= 0.3 is 5.97 Å². The molecule has 3 aromatic rings. The Labute approximate surface area is 198 Å². The largest absolute Gasteiger partial charge is 0.456 e. The lowest BCUT2D eigenvalue weighted by Crippen LogP contribution is -2.25. The summed E-state index contributed by atoms with van der Waals surface area (Å²) in [5.74, 6) is -0.925. The smallest absolute Gasteiger partial charge is 0.340 e. The molecule has 0 unspecified atom stereocenters. The third-order valence-electron chi connectivity index (χ3n) is 4.62. The second-order valence-electron chi connectivity index (χ2n) is 8.48. The van der Waals surface area contributed by atoms with Gasteiger partial charge in [0.25, 0.3) is 5.91 Å². The Balaban J connectivity index is 1.89. The number of anilines is 1. The molecule has 0 aliphatic rings. The maximum Gasteiger partial charge on any atom is 0.340 e. The van der Waals surface area contributed by atoms with E-state index in [0.29, 0.717) is 21.3 Å². The maximum absolute atomic E-state index is 12.9. The number of esters is 1. The predicted octanol–water partition coefficient (Wildman–Crippen LogP) is 6.99. The third-order valence-corrected chi connectivity index (χ3v) is 5.06. The summed E-state index contributed by atoms with van der Waals surface area (Å²) in [4.78, 5) is 25.7. The molecule has 0 heterocycles. The lowest BCUT2D eigenvalue weighted by Gasteiger charge is -2.21. The van der Waals surface area contributed by atoms with Gasteiger partial charge in [-0.15, -0.1) is 0 Å². The highest BCUT2D eigenvalue weighted by atomic mass is 35.5. The number of carbonyl (C=O) groups excluding carboxylic acids is 2. The number of hydrogen-bond donors (Lipinski definition) is 1. The van der Waals surface area contributed by atoms with Crippen LogP contribution in [0.5, 0.6) is 0 Å². The molecule has 0 spiro atoms. The minimum Gasteiger partial charge on any atom is -0.456 e. The van der Waals surface area contributed by atoms with Crippen LogP contribution in [0.4, 0.5) is 5.69 Å². The van der Waals surface area contributed by atoms with Crippen LogP contribution < -0.4 is 5.32 Å². The number of rotatable bonds is 6. The van der Waals surface area contributed by atoms with Crippen LogP contribution in [0, 0.1) is 0 Å². The fourth-order valence-corrected chi connectivity index (χ4v) is 3.70. The predicted molar refractivity (Wildman–Crippen MR) is 130 cm³/mol. The molecule has 0 atom stereocenters. The van der Waals surface area contributed by atoms with E-state index in [-0.39, 0.29) is 5.56 Å². The average molecular weight is 470 g/mol. The van der Waals surface area contributed by atoms with Gasteiger partial charge in [0.15, 0.2) is 0 Å². The molecule has 0 fully saturated rings. The van der Waals surface area contributed by atoms with Crippen molar-refractivity contribution in [2.45, 2.75) is 39.2 Å². The van der Waals surface area contributed by atoms with E-state index < -0.39 is 17.5 Å². The van der Waals surface area contributed by atoms with Gasteiger partial charge in [-0.1, -0.05) is 59.6 Å². The van der Waals surface area contributed by atoms with Gasteiger partial charge in [-0.25, -0.2) is 4.79 Å². The Morgan fingerprint density at radius 1 is 0.844 bits per heavy atom. The van der Waals surface area contributed by atoms with Gasteiger partial charge < -0.3 is 10.1 Å². The van der Waals surface area contributed by atoms with Crippen LogP contribution in [0.1, 0.15) is 52.6 Å². The molecule has 0 bridgehead atoms. The quantitative estimate of drug-likeness (QED) is 0.395. The van der Waals surface area contributed by atoms with E-state index in [1.165, 1.54) is 17.7 Å². The summed E-state index contributed by atoms with van der Waals surface area (Å²) in [6.45, 7) is 5.39. The minimum absolute atomic E-state index is 0.282. The maximum atomic E-state index is 12.9. The van der Waals surface area contributed by atoms with Gasteiger partial charge in [0.2, 0.25) is 0 Å². The number of amides is 1. The summed E-state index contributed by atoms with van der Waals surface area (Å²) in [5, 5.41) is 3.54. The second-order valence-corrected chi connectivity index (χ2v) is 9.35. The van der Waals surface area contributed by atoms with Crippen LogP contribution in [0.2, 0.25) is 10.0 Å². The Morgan fingerprint density at radius 2 is 1.47 bits per heavy atom. The summed E-state index contributed by atoms with van der Waals surface area (Å²) in [7, 11) is 0. The van der Waals surface area contributed by atoms with Crippen molar-refractivity contribution in [2.24, 2.45) is 0 Å². The van der Waals surface area contributed by atoms with Crippen LogP contribution in [0.15, 0.2) is 66.7 Å². The van der Waals surface area contributed by atoms with Crippen molar-refractivity contribution >= 4 is 40.8 Å². The van der Waals surface area contributed by atoms with Gasteiger partial charge in [-0.05, 0) is 75.1 Å². The van der Waals surface area contributed by atoms with E-state index in [9.17, 15) is 9.59 Å². The topological polar surface area (TPSA) is 55.4 Å². The normalized spacial score (nSPS) is 11.2. The van der Waals surface area contributed by atoms with Crippen molar-refractivity contribution in [3.8, 4) is 0 Å². The van der Waals surface area contributed by atoms with Crippen LogP contribution >= 0.6 is 23.2 Å². The van der Waals surface area contributed by atoms with Crippen molar-refractivity contribution in [1.82, 2.24) is 0 Å². The molecule has 4 nitrogen and oxygen atoms in total. The van der Waals surface area contributed by atoms with E-state index in [2.05, 4.69) is 17.4 Å². The molecule has 166 valence electrons. The molecule has 0 aromatic heterocycles. The summed E-state index contributed by atoms with van der Waals surface area (Å²) >= 11 is 12.1. The minimum atomic E-state index is -0.662. The number of benzene rings is 3. The number of ether oxygens (including phenoxy) is 1. The van der Waals surface area contributed by atoms with E-state index in [1.54, 1.807) is 32.9 Å². The first kappa shape index (κ1) is 23.8. The first-order chi connectivity index (χ1) is 15.1. The second kappa shape index (κ2) is 10.2. The fraction of sp³-hybridized carbons (Fsp3) is 0.231. The van der Waals surface area contributed by atoms with Crippen LogP contribution in [-0.2, 0) is 17.6 Å². The standard InChI is InChI=1S/C26H25Cl2NO3/c1-26(2,3)32-25(31)22-12-11-18(10-9-17-7-5-4-6-8-17)13-23(22)29-24(30)19-14-20(27)16-21(28)15-19/h4-8,11-16H,9-10H2,1-3H3,(H,29,30). The van der Waals surface area contributed by atoms with Crippen molar-refractivity contribution in [3.05, 3.63) is 99.0 Å². The van der Waals surface area contributed by atoms with Crippen LogP contribution in [0.3, 0.4) is 0 Å². The number of aryl methyl sites for hydroxylation is 2. The Hall–Kier alpha value is -2.82. The van der Waals surface area contributed by atoms with Crippen LogP contribution in [0.25, 0.3) is 0 Å². The van der Waals surface area contributed by atoms with Crippen molar-refractivity contribution < 1.29 is 14.3 Å². The first-order valence-electron chi connectivity index (χ1n) is 10.3. The summed E-state index contributed by atoms with van der Waals surface area (Å²) < 4.78 is 5.53. The van der Waals surface area contributed by atoms with E-state index in [1.807, 2.05) is 30.3 Å². The van der Waals surface area contributed by atoms with Crippen molar-refractivity contribution in [2.75, 3.05) is 5.32 Å². The molecular weight excluding hydrogens is 445 g/mol. The van der Waals surface area contributed by atoms with Crippen molar-refractivity contribution in [1.29, 1.82) is 0 Å². The highest BCUT2D eigenvalue weighted by molar-refractivity contribution is 6.35. The van der Waals surface area contributed by atoms with Gasteiger partial charge in [0.05, 0.1) is 11.3 Å². The Morgan fingerprint density at radius 3 is 2.09 bits per heavy atom. The molecular formula is C26H25Cl2NO3. The Kier molecular flexibility index (Phi) is 7.60. The molecule has 3 rings (SSSR count). The summed E-state index contributed by atoms with van der Waals surface area (Å²) in [6.07, 6.45) is 1.59. The lowest BCUT2D eigenvalue weighted by molar-refractivity contribution is 0.00707. The molecule has 0 saturated heterocycles. The highest BCUT2D eigenvalue weighted by Gasteiger charge is 2.22. The van der Waals surface area contributed by atoms with Gasteiger partial charge in [-0.3, -0.25) is 4.79 Å². The first-order valence-corrected chi connectivity index (χ1v) is 11.0. The average Bonchev–Trinajstić information content (AvgIpc) is 2.71. The van der Waals surface area contributed by atoms with Gasteiger partial charge in [0, 0.05) is 15.6 Å². The third kappa shape index (κ3) is 6.84. The number of carbonyl (C=O) groups is 2. The highest BCUT2D eigenvalue weighted by Crippen LogP contribution is 2.25. The molecule has 6 heteroatoms. The zero-order valence-corrected chi connectivity index (χ0v) is 19.8. The summed E-state index contributed by atoms with van der Waals surface area (Å²) in [5.41, 5.74) is 2.50. The molecule has 3 aromatic carbocycles. The number of hydrogen-bond acceptors (Lipinski definition) is 3. The number of nitrogens with one attached hydrogen (secondary N) is 1. The molecule has 1 N–H and O–H groups in total. The van der Waals surface area contributed by atoms with E-state index in [0.717, 1.165) is 18.4 Å². The Bertz CT molecular complexity index is 1100. The molecule has 0 aliphatic heterocycles. The SMILES string of the molecule is CC(C)(C)OC(=O)c1ccc(CCc2ccccc2)cc1NC(=O)c1cc(Cl)cc(Cl)c1. The number of halogens is 2. The molecule has 0 radical (unpaired) electrons. The van der Waals surface area contributed by atoms with Crippen LogP contribution in [-0.4, -0.2) is 17.5 Å². The van der Waals surface area contributed by atoms with Gasteiger partial charge in [-0.2, -0.15) is 0 Å².